The molecule has 1 heterocycles. The molecule has 3 aliphatic rings. The van der Waals surface area contributed by atoms with Crippen LogP contribution in [0, 0.1) is 11.3 Å². The summed E-state index contributed by atoms with van der Waals surface area (Å²) in [4.78, 5) is 10.5. The van der Waals surface area contributed by atoms with Crippen LogP contribution in [0.4, 0.5) is 17.1 Å². The number of nitrogens with one attached hydrogen (secondary N) is 1. The highest BCUT2D eigenvalue weighted by Gasteiger charge is 2.53. The number of anilines is 3. The third-order valence-electron chi connectivity index (χ3n) is 12.2. The Bertz CT molecular complexity index is 1780. The summed E-state index contributed by atoms with van der Waals surface area (Å²) in [5.41, 5.74) is 17.0. The second-order valence-corrected chi connectivity index (χ2v) is 15.8. The van der Waals surface area contributed by atoms with E-state index in [0.717, 1.165) is 25.1 Å². The van der Waals surface area contributed by atoms with Crippen molar-refractivity contribution in [2.45, 2.75) is 97.1 Å². The van der Waals surface area contributed by atoms with Gasteiger partial charge in [-0.1, -0.05) is 108 Å². The number of fused-ring (bicyclic) bond motifs is 4. The highest BCUT2D eigenvalue weighted by molar-refractivity contribution is 5.84. The van der Waals surface area contributed by atoms with Crippen LogP contribution in [-0.4, -0.2) is 20.7 Å². The van der Waals surface area contributed by atoms with E-state index in [2.05, 4.69) is 136 Å². The first-order valence-corrected chi connectivity index (χ1v) is 18.4. The van der Waals surface area contributed by atoms with E-state index < -0.39 is 0 Å². The normalized spacial score (nSPS) is 24.8. The second-order valence-electron chi connectivity index (χ2n) is 15.8. The van der Waals surface area contributed by atoms with Crippen LogP contribution in [0.2, 0.25) is 0 Å². The lowest BCUT2D eigenvalue weighted by Crippen LogP contribution is -2.54. The molecular formula is C44H55N3O. The zero-order valence-corrected chi connectivity index (χ0v) is 30.3. The van der Waals surface area contributed by atoms with Crippen LogP contribution < -0.4 is 15.3 Å². The molecule has 2 aliphatic carbocycles. The van der Waals surface area contributed by atoms with E-state index >= 15 is 0 Å². The monoisotopic (exact) mass is 641 g/mol. The predicted octanol–water partition coefficient (Wildman–Crippen LogP) is 11.1. The van der Waals surface area contributed by atoms with E-state index in [1.54, 1.807) is 18.2 Å². The van der Waals surface area contributed by atoms with Gasteiger partial charge in [0.05, 0.1) is 24.2 Å². The summed E-state index contributed by atoms with van der Waals surface area (Å²) < 4.78 is 0. The Balaban J connectivity index is 1.28. The van der Waals surface area contributed by atoms with Crippen molar-refractivity contribution in [3.8, 4) is 11.1 Å². The third kappa shape index (κ3) is 5.70. The van der Waals surface area contributed by atoms with Crippen molar-refractivity contribution in [2.24, 2.45) is 11.3 Å². The lowest BCUT2D eigenvalue weighted by atomic mass is 9.49. The van der Waals surface area contributed by atoms with Gasteiger partial charge < -0.3 is 9.80 Å². The van der Waals surface area contributed by atoms with E-state index in [4.69, 9.17) is 4.84 Å². The third-order valence-corrected chi connectivity index (χ3v) is 12.2. The van der Waals surface area contributed by atoms with Crippen LogP contribution in [0.15, 0.2) is 84.9 Å². The van der Waals surface area contributed by atoms with Crippen molar-refractivity contribution in [3.63, 3.8) is 0 Å². The minimum Gasteiger partial charge on any atom is -0.349 e. The van der Waals surface area contributed by atoms with Crippen molar-refractivity contribution in [1.29, 1.82) is 0 Å². The van der Waals surface area contributed by atoms with E-state index in [-0.39, 0.29) is 17.0 Å². The molecule has 48 heavy (non-hydrogen) atoms. The average molecular weight is 642 g/mol. The van der Waals surface area contributed by atoms with Crippen LogP contribution in [-0.2, 0) is 23.1 Å². The summed E-state index contributed by atoms with van der Waals surface area (Å²) in [5, 5.41) is 0. The molecule has 0 spiro atoms. The number of hydrogen-bond donors (Lipinski definition) is 1. The molecule has 0 bridgehead atoms. The standard InChI is InChI=1S/C44H55N3O/c1-8-12-31-13-9-15-36(25-31)42-46(6)40-28-34(33-14-10-16-37(27-33)45-48-7)18-21-39(40)47(42)29-43(4)23-11-24-44(5)38-20-17-32(30(2)3)26-35(38)19-22-41(43)44/h9-10,13-18,20-21,25-28,30,41-42,45H,8,11-12,19,22-24,29H2,1-7H3. The predicted molar refractivity (Wildman–Crippen MR) is 203 cm³/mol. The van der Waals surface area contributed by atoms with Gasteiger partial charge in [0, 0.05) is 13.6 Å². The van der Waals surface area contributed by atoms with Gasteiger partial charge in [-0.05, 0) is 118 Å². The largest absolute Gasteiger partial charge is 0.349 e. The molecule has 4 unspecified atom stereocenters. The maximum Gasteiger partial charge on any atom is 0.128 e. The molecule has 0 amide bonds. The molecule has 4 heteroatoms. The van der Waals surface area contributed by atoms with E-state index in [1.165, 1.54) is 71.3 Å². The Morgan fingerprint density at radius 1 is 0.896 bits per heavy atom. The number of nitrogens with zero attached hydrogens (tertiary/aromatic N) is 2. The first-order valence-electron chi connectivity index (χ1n) is 18.4. The van der Waals surface area contributed by atoms with Gasteiger partial charge in [-0.3, -0.25) is 10.3 Å². The molecule has 7 rings (SSSR count). The number of rotatable bonds is 9. The number of aryl methyl sites for hydroxylation is 2. The van der Waals surface area contributed by atoms with Crippen LogP contribution in [0.25, 0.3) is 11.1 Å². The summed E-state index contributed by atoms with van der Waals surface area (Å²) in [5.74, 6) is 1.22. The molecule has 4 atom stereocenters. The van der Waals surface area contributed by atoms with Gasteiger partial charge >= 0.3 is 0 Å². The van der Waals surface area contributed by atoms with Gasteiger partial charge in [-0.2, -0.15) is 0 Å². The maximum atomic E-state index is 5.21. The molecule has 0 aromatic heterocycles. The first-order chi connectivity index (χ1) is 23.1. The topological polar surface area (TPSA) is 27.7 Å². The molecule has 1 N–H and O–H groups in total. The molecule has 4 aromatic rings. The van der Waals surface area contributed by atoms with E-state index in [0.29, 0.717) is 11.8 Å². The van der Waals surface area contributed by atoms with Crippen LogP contribution in [0.1, 0.15) is 107 Å². The molecule has 4 aromatic carbocycles. The summed E-state index contributed by atoms with van der Waals surface area (Å²) in [7, 11) is 3.96. The Morgan fingerprint density at radius 3 is 2.50 bits per heavy atom. The summed E-state index contributed by atoms with van der Waals surface area (Å²) >= 11 is 0. The molecule has 252 valence electrons. The van der Waals surface area contributed by atoms with Crippen molar-refractivity contribution < 1.29 is 4.84 Å². The van der Waals surface area contributed by atoms with Gasteiger partial charge in [0.1, 0.15) is 6.17 Å². The minimum atomic E-state index is 0.156. The number of benzene rings is 4. The van der Waals surface area contributed by atoms with Crippen LogP contribution in [0.5, 0.6) is 0 Å². The van der Waals surface area contributed by atoms with Gasteiger partial charge in [0.2, 0.25) is 0 Å². The maximum absolute atomic E-state index is 5.21. The van der Waals surface area contributed by atoms with E-state index in [1.807, 2.05) is 6.07 Å². The zero-order chi connectivity index (χ0) is 33.6. The van der Waals surface area contributed by atoms with Crippen molar-refractivity contribution in [3.05, 3.63) is 113 Å². The van der Waals surface area contributed by atoms with Gasteiger partial charge in [0.25, 0.3) is 0 Å². The summed E-state index contributed by atoms with van der Waals surface area (Å²) in [6.45, 7) is 13.2. The number of hydrogen-bond acceptors (Lipinski definition) is 4. The lowest BCUT2D eigenvalue weighted by Gasteiger charge is -2.57. The summed E-state index contributed by atoms with van der Waals surface area (Å²) in [6.07, 6.45) is 8.76. The van der Waals surface area contributed by atoms with Gasteiger partial charge in [-0.25, -0.2) is 0 Å². The zero-order valence-electron chi connectivity index (χ0n) is 30.3. The lowest BCUT2D eigenvalue weighted by molar-refractivity contribution is 0.0301. The molecular weight excluding hydrogens is 587 g/mol. The fourth-order valence-electron chi connectivity index (χ4n) is 9.94. The minimum absolute atomic E-state index is 0.156. The molecule has 0 saturated heterocycles. The Labute approximate surface area is 289 Å². The van der Waals surface area contributed by atoms with Crippen LogP contribution in [0.3, 0.4) is 0 Å². The quantitative estimate of drug-likeness (QED) is 0.184. The molecule has 1 aliphatic heterocycles. The highest BCUT2D eigenvalue weighted by atomic mass is 16.6. The van der Waals surface area contributed by atoms with Crippen molar-refractivity contribution in [2.75, 3.05) is 36.0 Å². The average Bonchev–Trinajstić information content (AvgIpc) is 3.34. The molecule has 0 radical (unpaired) electrons. The fourth-order valence-corrected chi connectivity index (χ4v) is 9.94. The van der Waals surface area contributed by atoms with Gasteiger partial charge in [-0.15, -0.1) is 0 Å². The van der Waals surface area contributed by atoms with Crippen LogP contribution >= 0.6 is 0 Å². The van der Waals surface area contributed by atoms with Crippen molar-refractivity contribution >= 4 is 17.1 Å². The highest BCUT2D eigenvalue weighted by Crippen LogP contribution is 2.59. The molecule has 4 nitrogen and oxygen atoms in total. The molecule has 1 fully saturated rings. The van der Waals surface area contributed by atoms with Gasteiger partial charge in [0.15, 0.2) is 0 Å². The second kappa shape index (κ2) is 12.9. The summed E-state index contributed by atoms with van der Waals surface area (Å²) in [6, 6.07) is 32.5. The Kier molecular flexibility index (Phi) is 8.83. The Morgan fingerprint density at radius 2 is 1.71 bits per heavy atom. The fraction of sp³-hybridized carbons (Fsp3) is 0.455. The Hall–Kier alpha value is -3.76. The van der Waals surface area contributed by atoms with Crippen molar-refractivity contribution in [1.82, 2.24) is 0 Å². The first kappa shape index (κ1) is 32.8. The smallest absolute Gasteiger partial charge is 0.128 e. The van der Waals surface area contributed by atoms with E-state index in [9.17, 15) is 0 Å². The SMILES string of the molecule is CCCc1cccc(C2N(C)c3cc(-c4cccc(NOC)c4)ccc3N2CC2(C)CCCC3(C)c4ccc(C(C)C)cc4CCC23)c1. The molecule has 1 saturated carbocycles.